The van der Waals surface area contributed by atoms with E-state index in [-0.39, 0.29) is 36.7 Å². The van der Waals surface area contributed by atoms with E-state index in [2.05, 4.69) is 4.90 Å². The Bertz CT molecular complexity index is 1290. The molecule has 3 aromatic rings. The molecule has 3 aliphatic rings. The van der Waals surface area contributed by atoms with E-state index >= 15 is 0 Å². The number of anilines is 1. The maximum atomic E-state index is 12.9. The van der Waals surface area contributed by atoms with Crippen LogP contribution in [0.25, 0.3) is 0 Å². The van der Waals surface area contributed by atoms with Crippen molar-refractivity contribution in [2.75, 3.05) is 24.5 Å². The number of ether oxygens (including phenoxy) is 2. The highest BCUT2D eigenvalue weighted by Gasteiger charge is 2.37. The monoisotopic (exact) mass is 514 g/mol. The van der Waals surface area contributed by atoms with Crippen molar-refractivity contribution in [1.82, 2.24) is 4.90 Å². The van der Waals surface area contributed by atoms with E-state index in [0.717, 1.165) is 29.7 Å². The Morgan fingerprint density at radius 2 is 1.50 bits per heavy atom. The molecule has 4 atom stereocenters. The Hall–Kier alpha value is -3.40. The zero-order valence-corrected chi connectivity index (χ0v) is 20.9. The number of fused-ring (bicyclic) bond motifs is 1. The second kappa shape index (κ2) is 10.4. The maximum Gasteiger partial charge on any atom is 0.266 e. The van der Waals surface area contributed by atoms with Gasteiger partial charge in [-0.05, 0) is 41.8 Å². The Kier molecular flexibility index (Phi) is 6.82. The second-order valence-corrected chi connectivity index (χ2v) is 10.1. The summed E-state index contributed by atoms with van der Waals surface area (Å²) in [6.07, 6.45) is 0.154. The van der Waals surface area contributed by atoms with Gasteiger partial charge in [-0.2, -0.15) is 0 Å². The maximum absolute atomic E-state index is 12.9. The Morgan fingerprint density at radius 3 is 2.11 bits per heavy atom. The SMILES string of the molecule is O=C1c2ccccc2C(=O)N1c1ccc(C2OC(CN3CCC(O)C3)CC(c3ccc(CO)cc3)O2)cc1. The van der Waals surface area contributed by atoms with Crippen LogP contribution < -0.4 is 4.90 Å². The summed E-state index contributed by atoms with van der Waals surface area (Å²) in [6.45, 7) is 2.14. The number of amides is 2. The first kappa shape index (κ1) is 24.9. The van der Waals surface area contributed by atoms with E-state index in [0.29, 0.717) is 36.3 Å². The van der Waals surface area contributed by atoms with Gasteiger partial charge in [-0.25, -0.2) is 4.90 Å². The number of nitrogens with zero attached hydrogens (tertiary/aromatic N) is 2. The number of benzene rings is 3. The second-order valence-electron chi connectivity index (χ2n) is 10.1. The molecule has 2 saturated heterocycles. The molecule has 8 nitrogen and oxygen atoms in total. The van der Waals surface area contributed by atoms with Gasteiger partial charge in [0.15, 0.2) is 6.29 Å². The summed E-state index contributed by atoms with van der Waals surface area (Å²) >= 11 is 0. The highest BCUT2D eigenvalue weighted by molar-refractivity contribution is 6.34. The highest BCUT2D eigenvalue weighted by atomic mass is 16.7. The number of carbonyl (C=O) groups excluding carboxylic acids is 2. The van der Waals surface area contributed by atoms with Crippen molar-refractivity contribution in [3.8, 4) is 0 Å². The number of carbonyl (C=O) groups is 2. The van der Waals surface area contributed by atoms with Crippen LogP contribution >= 0.6 is 0 Å². The third-order valence-electron chi connectivity index (χ3n) is 7.54. The molecule has 3 aliphatic heterocycles. The summed E-state index contributed by atoms with van der Waals surface area (Å²) < 4.78 is 12.8. The summed E-state index contributed by atoms with van der Waals surface area (Å²) in [7, 11) is 0. The Morgan fingerprint density at radius 1 is 0.842 bits per heavy atom. The molecule has 2 fully saturated rings. The van der Waals surface area contributed by atoms with Gasteiger partial charge in [-0.3, -0.25) is 14.5 Å². The van der Waals surface area contributed by atoms with Crippen LogP contribution in [0.2, 0.25) is 0 Å². The van der Waals surface area contributed by atoms with E-state index in [1.165, 1.54) is 4.90 Å². The lowest BCUT2D eigenvalue weighted by Gasteiger charge is -2.38. The largest absolute Gasteiger partial charge is 0.392 e. The smallest absolute Gasteiger partial charge is 0.266 e. The number of hydrogen-bond donors (Lipinski definition) is 2. The van der Waals surface area contributed by atoms with E-state index in [4.69, 9.17) is 9.47 Å². The quantitative estimate of drug-likeness (QED) is 0.485. The van der Waals surface area contributed by atoms with Gasteiger partial charge in [0, 0.05) is 31.6 Å². The predicted molar refractivity (Wildman–Crippen MR) is 140 cm³/mol. The number of hydrogen-bond acceptors (Lipinski definition) is 7. The summed E-state index contributed by atoms with van der Waals surface area (Å²) in [5.41, 5.74) is 3.94. The number of β-amino-alcohol motifs (C(OH)–C–C–N with tert-alkyl or cyclic N) is 1. The lowest BCUT2D eigenvalue weighted by atomic mass is 9.99. The third-order valence-corrected chi connectivity index (χ3v) is 7.54. The average Bonchev–Trinajstić information content (AvgIpc) is 3.48. The van der Waals surface area contributed by atoms with Crippen molar-refractivity contribution in [2.45, 2.75) is 44.1 Å². The van der Waals surface area contributed by atoms with Gasteiger partial charge in [-0.15, -0.1) is 0 Å². The van der Waals surface area contributed by atoms with Crippen molar-refractivity contribution < 1.29 is 29.3 Å². The minimum atomic E-state index is -0.639. The fourth-order valence-corrected chi connectivity index (χ4v) is 5.50. The molecule has 2 N–H and O–H groups in total. The van der Waals surface area contributed by atoms with E-state index in [1.54, 1.807) is 36.4 Å². The van der Waals surface area contributed by atoms with Gasteiger partial charge in [-0.1, -0.05) is 48.5 Å². The number of aliphatic hydroxyl groups is 2. The molecular weight excluding hydrogens is 484 g/mol. The van der Waals surface area contributed by atoms with Gasteiger partial charge in [0.2, 0.25) is 0 Å². The van der Waals surface area contributed by atoms with E-state index < -0.39 is 6.29 Å². The molecule has 38 heavy (non-hydrogen) atoms. The number of rotatable bonds is 6. The van der Waals surface area contributed by atoms with E-state index in [9.17, 15) is 19.8 Å². The first-order chi connectivity index (χ1) is 18.5. The van der Waals surface area contributed by atoms with Crippen LogP contribution in [0.1, 0.15) is 62.6 Å². The molecule has 0 aliphatic carbocycles. The fraction of sp³-hybridized carbons (Fsp3) is 0.333. The van der Waals surface area contributed by atoms with Gasteiger partial charge in [0.05, 0.1) is 41.7 Å². The van der Waals surface area contributed by atoms with Crippen LogP contribution in [-0.4, -0.2) is 58.8 Å². The molecule has 6 rings (SSSR count). The molecule has 3 heterocycles. The molecule has 2 amide bonds. The lowest BCUT2D eigenvalue weighted by Crippen LogP contribution is -2.38. The van der Waals surface area contributed by atoms with Gasteiger partial charge in [0.25, 0.3) is 11.8 Å². The summed E-state index contributed by atoms with van der Waals surface area (Å²) in [6, 6.07) is 21.7. The summed E-state index contributed by atoms with van der Waals surface area (Å²) in [5, 5.41) is 19.4. The minimum absolute atomic E-state index is 0.0170. The predicted octanol–water partition coefficient (Wildman–Crippen LogP) is 3.59. The summed E-state index contributed by atoms with van der Waals surface area (Å²) in [4.78, 5) is 29.2. The molecule has 4 unspecified atom stereocenters. The zero-order chi connectivity index (χ0) is 26.2. The van der Waals surface area contributed by atoms with Crippen LogP contribution in [-0.2, 0) is 16.1 Å². The normalized spacial score (nSPS) is 25.7. The first-order valence-corrected chi connectivity index (χ1v) is 13.0. The Labute approximate surface area is 221 Å². The van der Waals surface area contributed by atoms with Crippen LogP contribution in [0.3, 0.4) is 0 Å². The van der Waals surface area contributed by atoms with Crippen LogP contribution in [0.15, 0.2) is 72.8 Å². The van der Waals surface area contributed by atoms with Crippen molar-refractivity contribution in [3.05, 3.63) is 101 Å². The zero-order valence-electron chi connectivity index (χ0n) is 20.9. The molecule has 196 valence electrons. The molecular formula is C30H30N2O6. The molecule has 0 spiro atoms. The first-order valence-electron chi connectivity index (χ1n) is 13.0. The number of imide groups is 1. The topological polar surface area (TPSA) is 99.5 Å². The lowest BCUT2D eigenvalue weighted by molar-refractivity contribution is -0.252. The summed E-state index contributed by atoms with van der Waals surface area (Å²) in [5.74, 6) is -0.662. The average molecular weight is 515 g/mol. The third kappa shape index (κ3) is 4.77. The van der Waals surface area contributed by atoms with Crippen molar-refractivity contribution in [1.29, 1.82) is 0 Å². The molecule has 8 heteroatoms. The van der Waals surface area contributed by atoms with Crippen molar-refractivity contribution in [2.24, 2.45) is 0 Å². The Balaban J connectivity index is 1.23. The van der Waals surface area contributed by atoms with Crippen LogP contribution in [0.4, 0.5) is 5.69 Å². The van der Waals surface area contributed by atoms with Gasteiger partial charge >= 0.3 is 0 Å². The minimum Gasteiger partial charge on any atom is -0.392 e. The molecule has 0 aromatic heterocycles. The highest BCUT2D eigenvalue weighted by Crippen LogP contribution is 2.39. The number of aliphatic hydroxyl groups excluding tert-OH is 2. The van der Waals surface area contributed by atoms with Crippen LogP contribution in [0.5, 0.6) is 0 Å². The molecule has 0 saturated carbocycles. The van der Waals surface area contributed by atoms with Gasteiger partial charge < -0.3 is 19.7 Å². The van der Waals surface area contributed by atoms with Crippen LogP contribution in [0, 0.1) is 0 Å². The van der Waals surface area contributed by atoms with Crippen molar-refractivity contribution in [3.63, 3.8) is 0 Å². The fourth-order valence-electron chi connectivity index (χ4n) is 5.50. The van der Waals surface area contributed by atoms with Crippen molar-refractivity contribution >= 4 is 17.5 Å². The standard InChI is InChI=1S/C30H30N2O6/c33-18-19-5-7-20(8-6-19)27-15-24(17-31-14-13-23(34)16-31)37-30(38-27)21-9-11-22(12-10-21)32-28(35)25-3-1-2-4-26(25)29(32)36/h1-12,23-24,27,30,33-34H,13-18H2. The van der Waals surface area contributed by atoms with Gasteiger partial charge in [0.1, 0.15) is 0 Å². The molecule has 3 aromatic carbocycles. The molecule has 0 radical (unpaired) electrons. The van der Waals surface area contributed by atoms with E-state index in [1.807, 2.05) is 36.4 Å². The number of likely N-dealkylation sites (tertiary alicyclic amines) is 1. The molecule has 0 bridgehead atoms.